The maximum atomic E-state index is 12.7. The van der Waals surface area contributed by atoms with E-state index in [0.29, 0.717) is 23.2 Å². The number of nitrogens with zero attached hydrogens (tertiary/aromatic N) is 1. The van der Waals surface area contributed by atoms with E-state index in [4.69, 9.17) is 4.74 Å². The van der Waals surface area contributed by atoms with Gasteiger partial charge in [0.05, 0.1) is 11.1 Å². The van der Waals surface area contributed by atoms with Crippen LogP contribution in [0.25, 0.3) is 10.9 Å². The Hall–Kier alpha value is -1.66. The number of carbonyl (C=O) groups is 1. The van der Waals surface area contributed by atoms with Crippen LogP contribution in [0.1, 0.15) is 61.6 Å². The third-order valence-electron chi connectivity index (χ3n) is 5.98. The topological polar surface area (TPSA) is 68.5 Å². The van der Waals surface area contributed by atoms with Crippen LogP contribution in [-0.2, 0) is 28.6 Å². The van der Waals surface area contributed by atoms with Crippen LogP contribution in [0, 0.1) is 11.8 Å². The van der Waals surface area contributed by atoms with Gasteiger partial charge < -0.3 is 9.84 Å². The molecule has 1 aromatic carbocycles. The van der Waals surface area contributed by atoms with Crippen molar-refractivity contribution in [2.75, 3.05) is 19.0 Å². The van der Waals surface area contributed by atoms with E-state index < -0.39 is 17.0 Å². The minimum absolute atomic E-state index is 0.299. The monoisotopic (exact) mass is 405 g/mol. The zero-order valence-electron chi connectivity index (χ0n) is 17.1. The fourth-order valence-electron chi connectivity index (χ4n) is 4.63. The lowest BCUT2D eigenvalue weighted by Crippen LogP contribution is -2.28. The Morgan fingerprint density at radius 1 is 1.21 bits per heavy atom. The summed E-state index contributed by atoms with van der Waals surface area (Å²) < 4.78 is 20.2. The van der Waals surface area contributed by atoms with Crippen LogP contribution in [0.4, 0.5) is 0 Å². The highest BCUT2D eigenvalue weighted by atomic mass is 32.2. The average molecular weight is 406 g/mol. The Balaban J connectivity index is 0.00000109. The van der Waals surface area contributed by atoms with E-state index in [0.717, 1.165) is 61.9 Å². The molecule has 2 aromatic rings. The van der Waals surface area contributed by atoms with Crippen molar-refractivity contribution in [1.29, 1.82) is 0 Å². The van der Waals surface area contributed by atoms with Crippen molar-refractivity contribution in [3.8, 4) is 0 Å². The fourth-order valence-corrected chi connectivity index (χ4v) is 5.71. The quantitative estimate of drug-likeness (QED) is 0.817. The molecule has 1 N–H and O–H groups in total. The second-order valence-electron chi connectivity index (χ2n) is 7.32. The van der Waals surface area contributed by atoms with Crippen LogP contribution in [0.15, 0.2) is 18.2 Å². The Labute approximate surface area is 169 Å². The van der Waals surface area contributed by atoms with E-state index in [1.54, 1.807) is 12.1 Å². The molecule has 0 bridgehead atoms. The average Bonchev–Trinajstić information content (AvgIpc) is 3.08. The predicted molar refractivity (Wildman–Crippen MR) is 113 cm³/mol. The number of carboxylic acid groups (broad SMARTS) is 1. The van der Waals surface area contributed by atoms with Crippen molar-refractivity contribution in [3.05, 3.63) is 35.0 Å². The number of fused-ring (bicyclic) bond motifs is 3. The molecular formula is C22H31NO4S. The van der Waals surface area contributed by atoms with Gasteiger partial charge in [-0.15, -0.1) is 0 Å². The number of aromatic carboxylic acids is 1. The molecule has 1 aliphatic heterocycles. The Morgan fingerprint density at radius 3 is 2.57 bits per heavy atom. The summed E-state index contributed by atoms with van der Waals surface area (Å²) in [6.45, 7) is 7.62. The minimum Gasteiger partial charge on any atom is -0.478 e. The first-order valence-corrected chi connectivity index (χ1v) is 11.7. The Bertz CT molecular complexity index is 867. The zero-order chi connectivity index (χ0) is 20.3. The van der Waals surface area contributed by atoms with E-state index in [1.807, 2.05) is 30.8 Å². The number of carboxylic acids is 1. The van der Waals surface area contributed by atoms with Gasteiger partial charge in [0.15, 0.2) is 0 Å². The molecule has 0 amide bonds. The van der Waals surface area contributed by atoms with Crippen LogP contribution in [0.5, 0.6) is 0 Å². The van der Waals surface area contributed by atoms with Crippen LogP contribution in [0.3, 0.4) is 0 Å². The molecule has 2 atom stereocenters. The number of ether oxygens (including phenoxy) is 1. The van der Waals surface area contributed by atoms with Gasteiger partial charge in [-0.3, -0.25) is 3.97 Å². The Morgan fingerprint density at radius 2 is 1.93 bits per heavy atom. The van der Waals surface area contributed by atoms with E-state index in [1.165, 1.54) is 5.56 Å². The molecule has 2 heterocycles. The molecule has 1 aliphatic carbocycles. The lowest BCUT2D eigenvalue weighted by Gasteiger charge is -2.33. The van der Waals surface area contributed by atoms with Crippen molar-refractivity contribution >= 4 is 27.9 Å². The summed E-state index contributed by atoms with van der Waals surface area (Å²) in [4.78, 5) is 11.4. The van der Waals surface area contributed by atoms with Gasteiger partial charge in [-0.25, -0.2) is 9.00 Å². The van der Waals surface area contributed by atoms with Gasteiger partial charge in [0, 0.05) is 30.0 Å². The molecule has 1 aromatic heterocycles. The normalized spacial score (nSPS) is 20.9. The molecule has 0 spiro atoms. The summed E-state index contributed by atoms with van der Waals surface area (Å²) in [6, 6.07) is 5.22. The number of hydrogen-bond acceptors (Lipinski definition) is 3. The number of benzene rings is 1. The second kappa shape index (κ2) is 9.23. The molecule has 4 rings (SSSR count). The summed E-state index contributed by atoms with van der Waals surface area (Å²) in [5.74, 6) is 0.922. The molecule has 154 valence electrons. The summed E-state index contributed by atoms with van der Waals surface area (Å²) in [6.07, 6.45) is 5.20. The van der Waals surface area contributed by atoms with Crippen molar-refractivity contribution in [2.45, 2.75) is 52.9 Å². The van der Waals surface area contributed by atoms with Crippen LogP contribution < -0.4 is 0 Å². The van der Waals surface area contributed by atoms with Gasteiger partial charge in [0.1, 0.15) is 11.0 Å². The zero-order valence-corrected chi connectivity index (χ0v) is 17.9. The van der Waals surface area contributed by atoms with E-state index >= 15 is 0 Å². The first-order valence-electron chi connectivity index (χ1n) is 10.5. The standard InChI is InChI=1S/C20H25NO4S.C2H6/c1-2-26(24)21-18-5-3-14(13-7-9-25-10-8-13)11-16(18)17-12-15(20(22)23)4-6-19(17)21;1-2/h4,6,12-14H,2-3,5,7-11H2,1H3,(H,22,23);1-2H3. The second-order valence-corrected chi connectivity index (χ2v) is 8.91. The van der Waals surface area contributed by atoms with Crippen molar-refractivity contribution in [3.63, 3.8) is 0 Å². The summed E-state index contributed by atoms with van der Waals surface area (Å²) in [5, 5.41) is 10.4. The van der Waals surface area contributed by atoms with Gasteiger partial charge in [-0.05, 0) is 67.7 Å². The number of aromatic nitrogens is 1. The lowest BCUT2D eigenvalue weighted by atomic mass is 9.75. The van der Waals surface area contributed by atoms with Crippen molar-refractivity contribution in [2.24, 2.45) is 11.8 Å². The highest BCUT2D eigenvalue weighted by Crippen LogP contribution is 2.40. The van der Waals surface area contributed by atoms with E-state index in [-0.39, 0.29) is 0 Å². The summed E-state index contributed by atoms with van der Waals surface area (Å²) in [7, 11) is -1.11. The van der Waals surface area contributed by atoms with Gasteiger partial charge in [-0.2, -0.15) is 0 Å². The van der Waals surface area contributed by atoms with Crippen LogP contribution in [-0.4, -0.2) is 38.2 Å². The van der Waals surface area contributed by atoms with E-state index in [9.17, 15) is 14.1 Å². The van der Waals surface area contributed by atoms with Crippen molar-refractivity contribution in [1.82, 2.24) is 3.97 Å². The maximum absolute atomic E-state index is 12.7. The van der Waals surface area contributed by atoms with Gasteiger partial charge in [-0.1, -0.05) is 20.8 Å². The molecule has 2 unspecified atom stereocenters. The maximum Gasteiger partial charge on any atom is 0.335 e. The molecule has 0 saturated carbocycles. The SMILES string of the molecule is CC.CCS(=O)n1c2c(c3cc(C(=O)O)ccc31)CC(C1CCOCC1)CC2. The van der Waals surface area contributed by atoms with E-state index in [2.05, 4.69) is 0 Å². The molecule has 0 radical (unpaired) electrons. The van der Waals surface area contributed by atoms with Gasteiger partial charge >= 0.3 is 5.97 Å². The highest BCUT2D eigenvalue weighted by Gasteiger charge is 2.32. The van der Waals surface area contributed by atoms with Crippen LogP contribution >= 0.6 is 0 Å². The largest absolute Gasteiger partial charge is 0.478 e. The minimum atomic E-state index is -1.11. The third kappa shape index (κ3) is 3.90. The predicted octanol–water partition coefficient (Wildman–Crippen LogP) is 4.43. The Kier molecular flexibility index (Phi) is 6.94. The highest BCUT2D eigenvalue weighted by molar-refractivity contribution is 7.83. The van der Waals surface area contributed by atoms with Crippen molar-refractivity contribution < 1.29 is 18.8 Å². The first kappa shape index (κ1) is 21.1. The smallest absolute Gasteiger partial charge is 0.335 e. The lowest BCUT2D eigenvalue weighted by molar-refractivity contribution is 0.0439. The summed E-state index contributed by atoms with van der Waals surface area (Å²) >= 11 is 0. The number of hydrogen-bond donors (Lipinski definition) is 1. The number of rotatable bonds is 4. The molecule has 5 nitrogen and oxygen atoms in total. The fraction of sp³-hybridized carbons (Fsp3) is 0.591. The third-order valence-corrected chi connectivity index (χ3v) is 7.30. The molecular weight excluding hydrogens is 374 g/mol. The van der Waals surface area contributed by atoms with Gasteiger partial charge in [0.25, 0.3) is 0 Å². The molecule has 6 heteroatoms. The molecule has 2 aliphatic rings. The van der Waals surface area contributed by atoms with Crippen LogP contribution in [0.2, 0.25) is 0 Å². The van der Waals surface area contributed by atoms with Gasteiger partial charge in [0.2, 0.25) is 0 Å². The first-order chi connectivity index (χ1) is 13.6. The molecule has 1 fully saturated rings. The molecule has 28 heavy (non-hydrogen) atoms. The summed E-state index contributed by atoms with van der Waals surface area (Å²) in [5.41, 5.74) is 3.57. The molecule has 1 saturated heterocycles.